The predicted octanol–water partition coefficient (Wildman–Crippen LogP) is 1.14. The van der Waals surface area contributed by atoms with E-state index in [1.165, 1.54) is 0 Å². The van der Waals surface area contributed by atoms with Crippen LogP contribution in [0.2, 0.25) is 0 Å². The van der Waals surface area contributed by atoms with Crippen molar-refractivity contribution >= 4 is 0 Å². The minimum absolute atomic E-state index is 0.556. The molecule has 90 valence electrons. The zero-order valence-corrected chi connectivity index (χ0v) is 10.2. The van der Waals surface area contributed by atoms with Gasteiger partial charge in [-0.15, -0.1) is 0 Å². The van der Waals surface area contributed by atoms with Gasteiger partial charge in [0.05, 0.1) is 0 Å². The highest BCUT2D eigenvalue weighted by Gasteiger charge is 2.24. The van der Waals surface area contributed by atoms with Crippen LogP contribution < -0.4 is 5.32 Å². The summed E-state index contributed by atoms with van der Waals surface area (Å²) in [5, 5.41) is 12.3. The minimum atomic E-state index is 0.556. The van der Waals surface area contributed by atoms with Crippen LogP contribution in [0.4, 0.5) is 0 Å². The van der Waals surface area contributed by atoms with Crippen molar-refractivity contribution in [3.8, 4) is 6.07 Å². The van der Waals surface area contributed by atoms with E-state index in [1.54, 1.807) is 6.20 Å². The van der Waals surface area contributed by atoms with E-state index in [0.717, 1.165) is 38.2 Å². The third kappa shape index (κ3) is 2.82. The van der Waals surface area contributed by atoms with Crippen molar-refractivity contribution in [1.82, 2.24) is 15.2 Å². The van der Waals surface area contributed by atoms with Gasteiger partial charge in [0.15, 0.2) is 0 Å². The Morgan fingerprint density at radius 1 is 1.59 bits per heavy atom. The minimum Gasteiger partial charge on any atom is -0.314 e. The van der Waals surface area contributed by atoms with E-state index >= 15 is 0 Å². The fraction of sp³-hybridized carbons (Fsp3) is 0.538. The van der Waals surface area contributed by atoms with Crippen LogP contribution >= 0.6 is 0 Å². The average Bonchev–Trinajstić information content (AvgIpc) is 2.28. The van der Waals surface area contributed by atoms with Crippen molar-refractivity contribution in [2.45, 2.75) is 25.9 Å². The smallest absolute Gasteiger partial charge is 0.144 e. The van der Waals surface area contributed by atoms with Gasteiger partial charge in [0.25, 0.3) is 0 Å². The first-order valence-electron chi connectivity index (χ1n) is 6.14. The summed E-state index contributed by atoms with van der Waals surface area (Å²) >= 11 is 0. The summed E-state index contributed by atoms with van der Waals surface area (Å²) in [7, 11) is 0. The molecule has 0 atom stereocenters. The predicted molar refractivity (Wildman–Crippen MR) is 66.3 cm³/mol. The zero-order valence-electron chi connectivity index (χ0n) is 10.2. The lowest BCUT2D eigenvalue weighted by Crippen LogP contribution is -2.57. The summed E-state index contributed by atoms with van der Waals surface area (Å²) in [6.07, 6.45) is 2.82. The lowest BCUT2D eigenvalue weighted by Gasteiger charge is -2.38. The lowest BCUT2D eigenvalue weighted by molar-refractivity contribution is 0.137. The maximum Gasteiger partial charge on any atom is 0.144 e. The standard InChI is InChI=1S/C13H18N4/c1-2-6-17(12-8-15-9-12)10-11-4-3-5-16-13(11)7-14/h3-5,12,15H,2,6,8-10H2,1H3. The monoisotopic (exact) mass is 230 g/mol. The summed E-state index contributed by atoms with van der Waals surface area (Å²) < 4.78 is 0. The quantitative estimate of drug-likeness (QED) is 0.824. The van der Waals surface area contributed by atoms with Crippen LogP contribution in [0.15, 0.2) is 18.3 Å². The molecule has 0 aliphatic carbocycles. The maximum atomic E-state index is 9.03. The van der Waals surface area contributed by atoms with E-state index in [2.05, 4.69) is 28.2 Å². The number of nitrogens with zero attached hydrogens (tertiary/aromatic N) is 3. The van der Waals surface area contributed by atoms with Gasteiger partial charge >= 0.3 is 0 Å². The van der Waals surface area contributed by atoms with Crippen molar-refractivity contribution in [3.63, 3.8) is 0 Å². The third-order valence-corrected chi connectivity index (χ3v) is 3.16. The molecule has 2 heterocycles. The first-order chi connectivity index (χ1) is 8.35. The first-order valence-corrected chi connectivity index (χ1v) is 6.14. The molecule has 0 saturated carbocycles. The Bertz CT molecular complexity index is 406. The second-order valence-electron chi connectivity index (χ2n) is 4.41. The molecule has 0 unspecified atom stereocenters. The molecule has 1 saturated heterocycles. The number of pyridine rings is 1. The van der Waals surface area contributed by atoms with Gasteiger partial charge < -0.3 is 5.32 Å². The van der Waals surface area contributed by atoms with Gasteiger partial charge in [-0.3, -0.25) is 4.90 Å². The number of nitriles is 1. The Balaban J connectivity index is 2.08. The van der Waals surface area contributed by atoms with Crippen LogP contribution in [0.3, 0.4) is 0 Å². The molecule has 4 heteroatoms. The van der Waals surface area contributed by atoms with Crippen LogP contribution in [0.1, 0.15) is 24.6 Å². The van der Waals surface area contributed by atoms with Gasteiger partial charge in [0.1, 0.15) is 11.8 Å². The van der Waals surface area contributed by atoms with E-state index in [4.69, 9.17) is 5.26 Å². The molecule has 4 nitrogen and oxygen atoms in total. The molecule has 0 spiro atoms. The van der Waals surface area contributed by atoms with E-state index in [-0.39, 0.29) is 0 Å². The Labute approximate surface area is 102 Å². The van der Waals surface area contributed by atoms with Crippen LogP contribution in [0.25, 0.3) is 0 Å². The molecule has 0 radical (unpaired) electrons. The molecular formula is C13H18N4. The van der Waals surface area contributed by atoms with Crippen molar-refractivity contribution < 1.29 is 0 Å². The number of nitrogens with one attached hydrogen (secondary N) is 1. The van der Waals surface area contributed by atoms with Gasteiger partial charge in [-0.1, -0.05) is 13.0 Å². The number of hydrogen-bond donors (Lipinski definition) is 1. The summed E-state index contributed by atoms with van der Waals surface area (Å²) in [4.78, 5) is 6.55. The van der Waals surface area contributed by atoms with E-state index in [0.29, 0.717) is 11.7 Å². The molecule has 1 aromatic heterocycles. The Kier molecular flexibility index (Phi) is 4.08. The number of aromatic nitrogens is 1. The van der Waals surface area contributed by atoms with E-state index in [1.807, 2.05) is 12.1 Å². The molecule has 0 amide bonds. The second kappa shape index (κ2) is 5.76. The summed E-state index contributed by atoms with van der Waals surface area (Å²) in [5.41, 5.74) is 1.59. The van der Waals surface area contributed by atoms with Crippen molar-refractivity contribution in [2.75, 3.05) is 19.6 Å². The molecular weight excluding hydrogens is 212 g/mol. The highest BCUT2D eigenvalue weighted by atomic mass is 15.2. The number of hydrogen-bond acceptors (Lipinski definition) is 4. The van der Waals surface area contributed by atoms with Crippen LogP contribution in [-0.2, 0) is 6.54 Å². The van der Waals surface area contributed by atoms with Gasteiger partial charge in [-0.2, -0.15) is 5.26 Å². The normalized spacial score (nSPS) is 15.6. The molecule has 1 aliphatic rings. The molecule has 1 aromatic rings. The fourth-order valence-electron chi connectivity index (χ4n) is 2.10. The van der Waals surface area contributed by atoms with Crippen LogP contribution in [0, 0.1) is 11.3 Å². The van der Waals surface area contributed by atoms with Gasteiger partial charge in [-0.25, -0.2) is 4.98 Å². The van der Waals surface area contributed by atoms with Gasteiger partial charge in [0.2, 0.25) is 0 Å². The average molecular weight is 230 g/mol. The van der Waals surface area contributed by atoms with Gasteiger partial charge in [0, 0.05) is 37.4 Å². The Morgan fingerprint density at radius 3 is 3.00 bits per heavy atom. The second-order valence-corrected chi connectivity index (χ2v) is 4.41. The fourth-order valence-corrected chi connectivity index (χ4v) is 2.10. The first kappa shape index (κ1) is 12.0. The van der Waals surface area contributed by atoms with Crippen molar-refractivity contribution in [3.05, 3.63) is 29.6 Å². The third-order valence-electron chi connectivity index (χ3n) is 3.16. The van der Waals surface area contributed by atoms with E-state index < -0.39 is 0 Å². The van der Waals surface area contributed by atoms with Crippen molar-refractivity contribution in [2.24, 2.45) is 0 Å². The molecule has 1 aliphatic heterocycles. The number of rotatable bonds is 5. The van der Waals surface area contributed by atoms with Gasteiger partial charge in [-0.05, 0) is 19.0 Å². The maximum absolute atomic E-state index is 9.03. The zero-order chi connectivity index (χ0) is 12.1. The highest BCUT2D eigenvalue weighted by molar-refractivity contribution is 5.30. The highest BCUT2D eigenvalue weighted by Crippen LogP contribution is 2.13. The van der Waals surface area contributed by atoms with Crippen LogP contribution in [0.5, 0.6) is 0 Å². The summed E-state index contributed by atoms with van der Waals surface area (Å²) in [6, 6.07) is 6.68. The lowest BCUT2D eigenvalue weighted by atomic mass is 10.1. The summed E-state index contributed by atoms with van der Waals surface area (Å²) in [5.74, 6) is 0. The van der Waals surface area contributed by atoms with E-state index in [9.17, 15) is 0 Å². The largest absolute Gasteiger partial charge is 0.314 e. The topological polar surface area (TPSA) is 52.0 Å². The molecule has 17 heavy (non-hydrogen) atoms. The summed E-state index contributed by atoms with van der Waals surface area (Å²) in [6.45, 7) is 6.21. The van der Waals surface area contributed by atoms with Crippen molar-refractivity contribution in [1.29, 1.82) is 5.26 Å². The SMILES string of the molecule is CCCN(Cc1cccnc1C#N)C1CNC1. The molecule has 2 rings (SSSR count). The molecule has 1 N–H and O–H groups in total. The van der Waals surface area contributed by atoms with Crippen LogP contribution in [-0.4, -0.2) is 35.6 Å². The Hall–Kier alpha value is -1.44. The Morgan fingerprint density at radius 2 is 2.41 bits per heavy atom. The molecule has 0 bridgehead atoms. The molecule has 1 fully saturated rings. The molecule has 0 aromatic carbocycles.